The van der Waals surface area contributed by atoms with Crippen LogP contribution in [0.2, 0.25) is 0 Å². The van der Waals surface area contributed by atoms with E-state index >= 15 is 0 Å². The SMILES string of the molecule is CN1CCCC(c2ccc3nc(CCN)c(Br)n3n2)C1. The summed E-state index contributed by atoms with van der Waals surface area (Å²) in [4.78, 5) is 6.94. The molecule has 20 heavy (non-hydrogen) atoms. The van der Waals surface area contributed by atoms with E-state index in [4.69, 9.17) is 10.8 Å². The molecule has 0 spiro atoms. The van der Waals surface area contributed by atoms with E-state index in [0.29, 0.717) is 12.5 Å². The highest BCUT2D eigenvalue weighted by Crippen LogP contribution is 2.26. The quantitative estimate of drug-likeness (QED) is 0.927. The summed E-state index contributed by atoms with van der Waals surface area (Å²) in [5.41, 5.74) is 8.64. The largest absolute Gasteiger partial charge is 0.330 e. The van der Waals surface area contributed by atoms with Crippen LogP contribution in [0.3, 0.4) is 0 Å². The molecule has 0 saturated carbocycles. The van der Waals surface area contributed by atoms with Crippen molar-refractivity contribution in [2.24, 2.45) is 5.73 Å². The van der Waals surface area contributed by atoms with Gasteiger partial charge in [-0.3, -0.25) is 0 Å². The number of likely N-dealkylation sites (tertiary alicyclic amines) is 1. The smallest absolute Gasteiger partial charge is 0.155 e. The predicted molar refractivity (Wildman–Crippen MR) is 82.9 cm³/mol. The van der Waals surface area contributed by atoms with E-state index in [2.05, 4.69) is 45.0 Å². The first-order valence-corrected chi connectivity index (χ1v) is 7.91. The lowest BCUT2D eigenvalue weighted by Gasteiger charge is -2.29. The number of fused-ring (bicyclic) bond motifs is 1. The van der Waals surface area contributed by atoms with Crippen molar-refractivity contribution in [1.82, 2.24) is 19.5 Å². The number of aromatic nitrogens is 3. The second kappa shape index (κ2) is 5.79. The second-order valence-electron chi connectivity index (χ2n) is 5.52. The molecule has 1 atom stereocenters. The van der Waals surface area contributed by atoms with Gasteiger partial charge in [0.2, 0.25) is 0 Å². The zero-order chi connectivity index (χ0) is 14.1. The average Bonchev–Trinajstić information content (AvgIpc) is 2.76. The summed E-state index contributed by atoms with van der Waals surface area (Å²) >= 11 is 3.59. The van der Waals surface area contributed by atoms with Crippen LogP contribution in [0.5, 0.6) is 0 Å². The van der Waals surface area contributed by atoms with Crippen LogP contribution < -0.4 is 5.73 Å². The zero-order valence-electron chi connectivity index (χ0n) is 11.7. The Labute approximate surface area is 127 Å². The van der Waals surface area contributed by atoms with Crippen molar-refractivity contribution in [3.05, 3.63) is 28.1 Å². The van der Waals surface area contributed by atoms with Gasteiger partial charge in [-0.25, -0.2) is 9.50 Å². The Balaban J connectivity index is 1.95. The number of imidazole rings is 1. The minimum Gasteiger partial charge on any atom is -0.330 e. The van der Waals surface area contributed by atoms with Gasteiger partial charge in [0.15, 0.2) is 5.65 Å². The number of piperidine rings is 1. The van der Waals surface area contributed by atoms with E-state index in [1.807, 2.05) is 4.52 Å². The van der Waals surface area contributed by atoms with Crippen LogP contribution in [0.15, 0.2) is 16.7 Å². The van der Waals surface area contributed by atoms with E-state index < -0.39 is 0 Å². The lowest BCUT2D eigenvalue weighted by molar-refractivity contribution is 0.247. The van der Waals surface area contributed by atoms with Crippen LogP contribution in [0.25, 0.3) is 5.65 Å². The summed E-state index contributed by atoms with van der Waals surface area (Å²) in [5.74, 6) is 0.519. The van der Waals surface area contributed by atoms with Gasteiger partial charge in [-0.05, 0) is 61.0 Å². The van der Waals surface area contributed by atoms with Gasteiger partial charge < -0.3 is 10.6 Å². The first-order valence-electron chi connectivity index (χ1n) is 7.11. The van der Waals surface area contributed by atoms with Crippen LogP contribution in [0, 0.1) is 0 Å². The Hall–Kier alpha value is -0.980. The third-order valence-corrected chi connectivity index (χ3v) is 4.73. The Bertz CT molecular complexity index is 609. The molecule has 0 radical (unpaired) electrons. The zero-order valence-corrected chi connectivity index (χ0v) is 13.3. The van der Waals surface area contributed by atoms with Crippen LogP contribution in [0.1, 0.15) is 30.1 Å². The minimum absolute atomic E-state index is 0.519. The average molecular weight is 338 g/mol. The topological polar surface area (TPSA) is 59.5 Å². The van der Waals surface area contributed by atoms with Crippen molar-refractivity contribution < 1.29 is 0 Å². The highest BCUT2D eigenvalue weighted by Gasteiger charge is 2.21. The molecule has 5 nitrogen and oxygen atoms in total. The third-order valence-electron chi connectivity index (χ3n) is 3.93. The van der Waals surface area contributed by atoms with Crippen molar-refractivity contribution in [2.75, 3.05) is 26.7 Å². The lowest BCUT2D eigenvalue weighted by atomic mass is 9.95. The molecule has 0 aromatic carbocycles. The van der Waals surface area contributed by atoms with Crippen molar-refractivity contribution in [1.29, 1.82) is 0 Å². The van der Waals surface area contributed by atoms with E-state index in [1.165, 1.54) is 19.4 Å². The van der Waals surface area contributed by atoms with Gasteiger partial charge in [0, 0.05) is 18.9 Å². The number of halogens is 1. The Morgan fingerprint density at radius 1 is 1.45 bits per heavy atom. The molecule has 2 aromatic rings. The summed E-state index contributed by atoms with van der Waals surface area (Å²) in [6.45, 7) is 2.87. The number of nitrogens with zero attached hydrogens (tertiary/aromatic N) is 4. The van der Waals surface area contributed by atoms with Crippen molar-refractivity contribution in [2.45, 2.75) is 25.2 Å². The minimum atomic E-state index is 0.519. The molecule has 0 amide bonds. The van der Waals surface area contributed by atoms with Gasteiger partial charge in [-0.1, -0.05) is 0 Å². The Morgan fingerprint density at radius 2 is 2.30 bits per heavy atom. The normalized spacial score (nSPS) is 20.6. The summed E-state index contributed by atoms with van der Waals surface area (Å²) in [7, 11) is 2.18. The second-order valence-corrected chi connectivity index (χ2v) is 6.27. The molecule has 2 aromatic heterocycles. The molecule has 1 saturated heterocycles. The van der Waals surface area contributed by atoms with Crippen LogP contribution >= 0.6 is 15.9 Å². The number of nitrogens with two attached hydrogens (primary N) is 1. The fraction of sp³-hybridized carbons (Fsp3) is 0.571. The molecule has 2 N–H and O–H groups in total. The maximum absolute atomic E-state index is 5.62. The van der Waals surface area contributed by atoms with Gasteiger partial charge >= 0.3 is 0 Å². The molecule has 0 bridgehead atoms. The predicted octanol–water partition coefficient (Wildman–Crippen LogP) is 1.80. The van der Waals surface area contributed by atoms with Gasteiger partial charge in [0.05, 0.1) is 11.4 Å². The number of likely N-dealkylation sites (N-methyl/N-ethyl adjacent to an activating group) is 1. The molecule has 1 aliphatic heterocycles. The van der Waals surface area contributed by atoms with Crippen molar-refractivity contribution in [3.8, 4) is 0 Å². The van der Waals surface area contributed by atoms with Crippen LogP contribution in [0.4, 0.5) is 0 Å². The first kappa shape index (κ1) is 14.0. The summed E-state index contributed by atoms with van der Waals surface area (Å²) in [6.07, 6.45) is 3.22. The van der Waals surface area contributed by atoms with E-state index in [9.17, 15) is 0 Å². The molecule has 108 valence electrons. The number of hydrogen-bond donors (Lipinski definition) is 1. The van der Waals surface area contributed by atoms with Crippen LogP contribution in [-0.2, 0) is 6.42 Å². The molecule has 3 rings (SSSR count). The molecule has 1 unspecified atom stereocenters. The van der Waals surface area contributed by atoms with Crippen LogP contribution in [-0.4, -0.2) is 46.2 Å². The fourth-order valence-corrected chi connectivity index (χ4v) is 3.44. The molecular formula is C14H20BrN5. The fourth-order valence-electron chi connectivity index (χ4n) is 2.89. The van der Waals surface area contributed by atoms with Gasteiger partial charge in [0.1, 0.15) is 4.60 Å². The summed E-state index contributed by atoms with van der Waals surface area (Å²) in [6, 6.07) is 4.17. The lowest BCUT2D eigenvalue weighted by Crippen LogP contribution is -2.31. The Morgan fingerprint density at radius 3 is 3.05 bits per heavy atom. The number of hydrogen-bond acceptors (Lipinski definition) is 4. The standard InChI is InChI=1S/C14H20BrN5/c1-19-8-2-3-10(9-19)11-4-5-13-17-12(6-7-16)14(15)20(13)18-11/h4-5,10H,2-3,6-9,16H2,1H3. The summed E-state index contributed by atoms with van der Waals surface area (Å²) < 4.78 is 2.83. The first-order chi connectivity index (χ1) is 9.69. The maximum atomic E-state index is 5.62. The van der Waals surface area contributed by atoms with Gasteiger partial charge in [-0.2, -0.15) is 5.10 Å². The van der Waals surface area contributed by atoms with Gasteiger partial charge in [0.25, 0.3) is 0 Å². The molecule has 0 aliphatic carbocycles. The van der Waals surface area contributed by atoms with Crippen molar-refractivity contribution in [3.63, 3.8) is 0 Å². The third kappa shape index (κ3) is 2.60. The van der Waals surface area contributed by atoms with E-state index in [0.717, 1.165) is 34.6 Å². The van der Waals surface area contributed by atoms with Gasteiger partial charge in [-0.15, -0.1) is 0 Å². The van der Waals surface area contributed by atoms with E-state index in [1.54, 1.807) is 0 Å². The van der Waals surface area contributed by atoms with E-state index in [-0.39, 0.29) is 0 Å². The molecule has 6 heteroatoms. The maximum Gasteiger partial charge on any atom is 0.155 e. The monoisotopic (exact) mass is 337 g/mol. The number of rotatable bonds is 3. The summed E-state index contributed by atoms with van der Waals surface area (Å²) in [5, 5.41) is 4.78. The highest BCUT2D eigenvalue weighted by molar-refractivity contribution is 9.10. The molecular weight excluding hydrogens is 318 g/mol. The Kier molecular flexibility index (Phi) is 4.05. The van der Waals surface area contributed by atoms with Crippen molar-refractivity contribution >= 4 is 21.6 Å². The molecule has 1 aliphatic rings. The highest BCUT2D eigenvalue weighted by atomic mass is 79.9. The molecule has 1 fully saturated rings. The molecule has 3 heterocycles.